The minimum Gasteiger partial charge on any atom is -0.574 e. The van der Waals surface area contributed by atoms with Crippen LogP contribution in [0.25, 0.3) is 0 Å². The van der Waals surface area contributed by atoms with Crippen LogP contribution in [0.5, 0.6) is 0 Å². The lowest BCUT2D eigenvalue weighted by Crippen LogP contribution is -2.21. The molecule has 1 aromatic carbocycles. The van der Waals surface area contributed by atoms with Crippen LogP contribution in [-0.4, -0.2) is 4.55 Å². The molecule has 3 nitrogen and oxygen atoms in total. The van der Waals surface area contributed by atoms with E-state index in [4.69, 9.17) is 5.14 Å². The van der Waals surface area contributed by atoms with Crippen LogP contribution >= 0.6 is 0 Å². The van der Waals surface area contributed by atoms with E-state index in [2.05, 4.69) is 4.72 Å². The Kier molecular flexibility index (Phi) is 2.56. The maximum Gasteiger partial charge on any atom is 0.160 e. The highest BCUT2D eigenvalue weighted by atomic mass is 32.2. The summed E-state index contributed by atoms with van der Waals surface area (Å²) < 4.78 is 12.9. The molecule has 3 N–H and O–H groups in total. The number of para-hydroxylation sites is 1. The Morgan fingerprint density at radius 3 is 2.40 bits per heavy atom. The molecule has 0 aliphatic rings. The number of anilines is 1. The largest absolute Gasteiger partial charge is 0.574 e. The first-order valence-corrected chi connectivity index (χ1v) is 3.98. The van der Waals surface area contributed by atoms with Gasteiger partial charge in [0.25, 0.3) is 0 Å². The highest BCUT2D eigenvalue weighted by molar-refractivity contribution is 7.90. The Labute approximate surface area is 62.7 Å². The van der Waals surface area contributed by atoms with Crippen molar-refractivity contribution in [2.75, 3.05) is 4.72 Å². The maximum atomic E-state index is 10.4. The zero-order chi connectivity index (χ0) is 7.40. The molecule has 0 spiro atoms. The Morgan fingerprint density at radius 2 is 1.90 bits per heavy atom. The molecule has 54 valence electrons. The molecule has 0 aliphatic carbocycles. The molecule has 0 heterocycles. The van der Waals surface area contributed by atoms with Crippen molar-refractivity contribution in [3.05, 3.63) is 30.3 Å². The maximum absolute atomic E-state index is 10.4. The lowest BCUT2D eigenvalue weighted by atomic mass is 10.3. The van der Waals surface area contributed by atoms with Gasteiger partial charge in [0.2, 0.25) is 0 Å². The molecule has 4 heteroatoms. The molecule has 10 heavy (non-hydrogen) atoms. The summed E-state index contributed by atoms with van der Waals surface area (Å²) in [5, 5.41) is 4.99. The standard InChI is InChI=1S/C6H8N2OS/c7-10(9)8-6-4-2-1-3-5-6/h1-5,8H,7H2. The number of benzene rings is 1. The SMILES string of the molecule is N[S+]([O-])Nc1ccccc1. The molecule has 1 atom stereocenters. The van der Waals surface area contributed by atoms with Crippen LogP contribution in [0.15, 0.2) is 30.3 Å². The summed E-state index contributed by atoms with van der Waals surface area (Å²) in [6.07, 6.45) is 0. The third kappa shape index (κ3) is 2.26. The summed E-state index contributed by atoms with van der Waals surface area (Å²) in [5.74, 6) is 0. The molecule has 1 aromatic rings. The number of rotatable bonds is 2. The molecule has 0 aromatic heterocycles. The number of hydrogen-bond donors (Lipinski definition) is 2. The third-order valence-electron chi connectivity index (χ3n) is 0.992. The molecular weight excluding hydrogens is 148 g/mol. The smallest absolute Gasteiger partial charge is 0.160 e. The first-order chi connectivity index (χ1) is 4.79. The van der Waals surface area contributed by atoms with Gasteiger partial charge in [-0.25, -0.2) is 0 Å². The van der Waals surface area contributed by atoms with Gasteiger partial charge in [0.1, 0.15) is 0 Å². The van der Waals surface area contributed by atoms with Crippen molar-refractivity contribution in [1.29, 1.82) is 0 Å². The van der Waals surface area contributed by atoms with Crippen molar-refractivity contribution >= 4 is 17.2 Å². The first-order valence-electron chi connectivity index (χ1n) is 2.77. The molecule has 1 unspecified atom stereocenters. The highest BCUT2D eigenvalue weighted by Gasteiger charge is 1.95. The fourth-order valence-corrected chi connectivity index (χ4v) is 0.991. The second-order valence-corrected chi connectivity index (χ2v) is 2.56. The number of nitrogens with one attached hydrogen (secondary N) is 1. The van der Waals surface area contributed by atoms with E-state index >= 15 is 0 Å². The number of nitrogens with two attached hydrogens (primary N) is 1. The van der Waals surface area contributed by atoms with Crippen LogP contribution in [0.1, 0.15) is 0 Å². The fourth-order valence-electron chi connectivity index (χ4n) is 0.622. The normalized spacial score (nSPS) is 12.6. The summed E-state index contributed by atoms with van der Waals surface area (Å²) in [7, 11) is 0. The van der Waals surface area contributed by atoms with Gasteiger partial charge in [-0.15, -0.1) is 5.14 Å². The third-order valence-corrected chi connectivity index (χ3v) is 1.43. The summed E-state index contributed by atoms with van der Waals surface area (Å²) in [5.41, 5.74) is 0.767. The van der Waals surface area contributed by atoms with Gasteiger partial charge in [-0.2, -0.15) is 4.72 Å². The second-order valence-electron chi connectivity index (χ2n) is 1.77. The van der Waals surface area contributed by atoms with Gasteiger partial charge < -0.3 is 4.55 Å². The molecule has 1 rings (SSSR count). The molecule has 0 aliphatic heterocycles. The van der Waals surface area contributed by atoms with Crippen molar-refractivity contribution in [1.82, 2.24) is 0 Å². The Morgan fingerprint density at radius 1 is 1.30 bits per heavy atom. The molecule has 0 bridgehead atoms. The highest BCUT2D eigenvalue weighted by Crippen LogP contribution is 2.04. The molecule has 0 radical (unpaired) electrons. The summed E-state index contributed by atoms with van der Waals surface area (Å²) in [4.78, 5) is 0. The molecular formula is C6H8N2OS. The molecule has 0 saturated heterocycles. The van der Waals surface area contributed by atoms with Crippen LogP contribution in [0.2, 0.25) is 0 Å². The van der Waals surface area contributed by atoms with Crippen molar-refractivity contribution in [2.45, 2.75) is 0 Å². The predicted octanol–water partition coefficient (Wildman–Crippen LogP) is 0.636. The van der Waals surface area contributed by atoms with Gasteiger partial charge in [-0.1, -0.05) is 18.2 Å². The molecule has 0 amide bonds. The second kappa shape index (κ2) is 3.46. The van der Waals surface area contributed by atoms with E-state index in [9.17, 15) is 4.55 Å². The van der Waals surface area contributed by atoms with E-state index in [1.807, 2.05) is 18.2 Å². The topological polar surface area (TPSA) is 61.1 Å². The quantitative estimate of drug-likeness (QED) is 0.617. The van der Waals surface area contributed by atoms with Gasteiger partial charge >= 0.3 is 0 Å². The van der Waals surface area contributed by atoms with Gasteiger partial charge in [0, 0.05) is 0 Å². The predicted molar refractivity (Wildman–Crippen MR) is 42.4 cm³/mol. The van der Waals surface area contributed by atoms with Gasteiger partial charge in [0.15, 0.2) is 11.5 Å². The van der Waals surface area contributed by atoms with Crippen LogP contribution in [0.4, 0.5) is 5.69 Å². The minimum absolute atomic E-state index is 0.767. The molecule has 0 saturated carbocycles. The Hall–Kier alpha value is -0.710. The van der Waals surface area contributed by atoms with E-state index in [-0.39, 0.29) is 0 Å². The fraction of sp³-hybridized carbons (Fsp3) is 0. The van der Waals surface area contributed by atoms with E-state index in [1.165, 1.54) is 0 Å². The van der Waals surface area contributed by atoms with E-state index in [1.54, 1.807) is 12.1 Å². The van der Waals surface area contributed by atoms with Crippen molar-refractivity contribution in [3.8, 4) is 0 Å². The zero-order valence-electron chi connectivity index (χ0n) is 5.28. The summed E-state index contributed by atoms with van der Waals surface area (Å²) >= 11 is -1.47. The summed E-state index contributed by atoms with van der Waals surface area (Å²) in [6.45, 7) is 0. The van der Waals surface area contributed by atoms with Crippen molar-refractivity contribution < 1.29 is 4.55 Å². The van der Waals surface area contributed by atoms with Gasteiger partial charge in [-0.3, -0.25) is 0 Å². The van der Waals surface area contributed by atoms with Crippen LogP contribution in [0.3, 0.4) is 0 Å². The van der Waals surface area contributed by atoms with Crippen molar-refractivity contribution in [2.24, 2.45) is 5.14 Å². The van der Waals surface area contributed by atoms with Crippen molar-refractivity contribution in [3.63, 3.8) is 0 Å². The lowest BCUT2D eigenvalue weighted by molar-refractivity contribution is 0.602. The van der Waals surface area contributed by atoms with Crippen LogP contribution < -0.4 is 9.86 Å². The average Bonchev–Trinajstić information content (AvgIpc) is 1.88. The zero-order valence-corrected chi connectivity index (χ0v) is 6.10. The van der Waals surface area contributed by atoms with Crippen LogP contribution in [0, 0.1) is 0 Å². The lowest BCUT2D eigenvalue weighted by Gasteiger charge is -2.03. The van der Waals surface area contributed by atoms with Crippen LogP contribution in [-0.2, 0) is 11.5 Å². The van der Waals surface area contributed by atoms with Gasteiger partial charge in [-0.05, 0) is 12.1 Å². The van der Waals surface area contributed by atoms with E-state index in [0.29, 0.717) is 0 Å². The Balaban J connectivity index is 2.59. The minimum atomic E-state index is -1.47. The molecule has 0 fully saturated rings. The van der Waals surface area contributed by atoms with E-state index in [0.717, 1.165) is 5.69 Å². The first kappa shape index (κ1) is 7.40. The van der Waals surface area contributed by atoms with E-state index < -0.39 is 11.5 Å². The monoisotopic (exact) mass is 156 g/mol. The average molecular weight is 156 g/mol. The van der Waals surface area contributed by atoms with Gasteiger partial charge in [0.05, 0.1) is 5.69 Å². The number of hydrogen-bond acceptors (Lipinski definition) is 3. The Bertz CT molecular complexity index is 190. The summed E-state index contributed by atoms with van der Waals surface area (Å²) in [6, 6.07) is 9.16.